The second kappa shape index (κ2) is 7.88. The van der Waals surface area contributed by atoms with Gasteiger partial charge in [-0.15, -0.1) is 15.3 Å². The normalized spacial score (nSPS) is 12.1. The lowest BCUT2D eigenvalue weighted by molar-refractivity contribution is -0.123. The lowest BCUT2D eigenvalue weighted by Crippen LogP contribution is -2.35. The average Bonchev–Trinajstić information content (AvgIpc) is 3.22. The molecule has 1 aromatic carbocycles. The lowest BCUT2D eigenvalue weighted by Gasteiger charge is -2.17. The quantitative estimate of drug-likeness (QED) is 0.487. The smallest absolute Gasteiger partial charge is 0.249 e. The van der Waals surface area contributed by atoms with Crippen LogP contribution in [0.25, 0.3) is 0 Å². The average molecular weight is 358 g/mol. The molecule has 1 N–H and O–H groups in total. The van der Waals surface area contributed by atoms with E-state index in [2.05, 4.69) is 31.0 Å². The Morgan fingerprint density at radius 3 is 2.72 bits per heavy atom. The van der Waals surface area contributed by atoms with Gasteiger partial charge in [0, 0.05) is 19.3 Å². The van der Waals surface area contributed by atoms with Crippen molar-refractivity contribution in [2.45, 2.75) is 18.1 Å². The van der Waals surface area contributed by atoms with Gasteiger partial charge in [0.15, 0.2) is 11.2 Å². The molecule has 0 radical (unpaired) electrons. The second-order valence-electron chi connectivity index (χ2n) is 5.35. The van der Waals surface area contributed by atoms with Gasteiger partial charge in [-0.25, -0.2) is 4.68 Å². The Bertz CT molecular complexity index is 831. The van der Waals surface area contributed by atoms with E-state index in [1.807, 2.05) is 41.9 Å². The molecule has 0 bridgehead atoms. The van der Waals surface area contributed by atoms with Crippen molar-refractivity contribution in [2.75, 3.05) is 12.3 Å². The summed E-state index contributed by atoms with van der Waals surface area (Å²) in [6.07, 6.45) is 1.65. The minimum Gasteiger partial charge on any atom is -0.353 e. The summed E-state index contributed by atoms with van der Waals surface area (Å²) in [7, 11) is 1.88. The third kappa shape index (κ3) is 4.02. The van der Waals surface area contributed by atoms with Gasteiger partial charge in [0.1, 0.15) is 12.2 Å². The first kappa shape index (κ1) is 17.1. The van der Waals surface area contributed by atoms with E-state index in [0.29, 0.717) is 18.1 Å². The predicted octanol–water partition coefficient (Wildman–Crippen LogP) is 0.608. The number of amides is 1. The number of thioether (sulfide) groups is 1. The molecule has 130 valence electrons. The Labute approximate surface area is 148 Å². The van der Waals surface area contributed by atoms with Crippen LogP contribution in [-0.2, 0) is 11.8 Å². The summed E-state index contributed by atoms with van der Waals surface area (Å²) in [4.78, 5) is 12.8. The highest BCUT2D eigenvalue weighted by Gasteiger charge is 2.25. The zero-order valence-electron chi connectivity index (χ0n) is 13.9. The molecule has 0 aliphatic rings. The third-order valence-electron chi connectivity index (χ3n) is 3.57. The summed E-state index contributed by atoms with van der Waals surface area (Å²) in [5, 5.41) is 23.1. The molecule has 0 spiro atoms. The molecule has 0 saturated carbocycles. The molecule has 0 aliphatic carbocycles. The highest BCUT2D eigenvalue weighted by Crippen LogP contribution is 2.18. The number of benzene rings is 1. The fourth-order valence-corrected chi connectivity index (χ4v) is 3.07. The van der Waals surface area contributed by atoms with Gasteiger partial charge in [-0.05, 0) is 22.9 Å². The van der Waals surface area contributed by atoms with Crippen molar-refractivity contribution in [3.05, 3.63) is 48.0 Å². The Hall–Kier alpha value is -2.75. The lowest BCUT2D eigenvalue weighted by atomic mass is 10.1. The van der Waals surface area contributed by atoms with Crippen LogP contribution < -0.4 is 5.32 Å². The molecule has 0 saturated heterocycles. The maximum Gasteiger partial charge on any atom is 0.249 e. The van der Waals surface area contributed by atoms with Crippen LogP contribution in [0.5, 0.6) is 0 Å². The van der Waals surface area contributed by atoms with Crippen molar-refractivity contribution in [1.29, 1.82) is 0 Å². The first-order valence-corrected chi connectivity index (χ1v) is 8.69. The molecule has 9 nitrogen and oxygen atoms in total. The molecule has 2 aromatic heterocycles. The first-order valence-electron chi connectivity index (χ1n) is 7.70. The molecule has 3 aromatic rings. The topological polar surface area (TPSA) is 103 Å². The van der Waals surface area contributed by atoms with E-state index >= 15 is 0 Å². The Morgan fingerprint density at radius 2 is 2.08 bits per heavy atom. The Kier molecular flexibility index (Phi) is 5.39. The minimum atomic E-state index is -0.601. The van der Waals surface area contributed by atoms with Crippen molar-refractivity contribution in [3.63, 3.8) is 0 Å². The van der Waals surface area contributed by atoms with Gasteiger partial charge in [-0.3, -0.25) is 4.79 Å². The van der Waals surface area contributed by atoms with Gasteiger partial charge in [0.2, 0.25) is 5.91 Å². The van der Waals surface area contributed by atoms with Gasteiger partial charge in [0.05, 0.1) is 0 Å². The second-order valence-corrected chi connectivity index (χ2v) is 6.41. The summed E-state index contributed by atoms with van der Waals surface area (Å²) in [6, 6.07) is 8.86. The number of tetrazole rings is 1. The summed E-state index contributed by atoms with van der Waals surface area (Å²) in [5.74, 6) is 1.12. The maximum absolute atomic E-state index is 12.8. The van der Waals surface area contributed by atoms with Gasteiger partial charge in [0.25, 0.3) is 0 Å². The number of carbonyl (C=O) groups is 1. The molecular formula is C15H18N8OS. The summed E-state index contributed by atoms with van der Waals surface area (Å²) < 4.78 is 3.37. The third-order valence-corrected chi connectivity index (χ3v) is 4.60. The van der Waals surface area contributed by atoms with Crippen LogP contribution in [0, 0.1) is 6.92 Å². The van der Waals surface area contributed by atoms with E-state index in [1.165, 1.54) is 16.4 Å². The van der Waals surface area contributed by atoms with Gasteiger partial charge in [-0.2, -0.15) is 0 Å². The molecule has 25 heavy (non-hydrogen) atoms. The predicted molar refractivity (Wildman–Crippen MR) is 91.9 cm³/mol. The van der Waals surface area contributed by atoms with Crippen LogP contribution in [0.3, 0.4) is 0 Å². The van der Waals surface area contributed by atoms with Crippen molar-refractivity contribution >= 4 is 17.7 Å². The highest BCUT2D eigenvalue weighted by molar-refractivity contribution is 7.99. The summed E-state index contributed by atoms with van der Waals surface area (Å²) in [6.45, 7) is 2.27. The zero-order valence-corrected chi connectivity index (χ0v) is 14.7. The largest absolute Gasteiger partial charge is 0.353 e. The minimum absolute atomic E-state index is 0.153. The standard InChI is InChI=1S/C15H18N8OS/c1-11-18-20-21-23(11)13(12-6-4-3-5-7-12)14(24)16-8-9-25-15-19-17-10-22(15)2/h3-7,10,13H,8-9H2,1-2H3,(H,16,24). The zero-order chi connectivity index (χ0) is 17.6. The van der Waals surface area contributed by atoms with E-state index in [-0.39, 0.29) is 5.91 Å². The summed E-state index contributed by atoms with van der Waals surface area (Å²) >= 11 is 1.53. The summed E-state index contributed by atoms with van der Waals surface area (Å²) in [5.41, 5.74) is 0.830. The molecular weight excluding hydrogens is 340 g/mol. The van der Waals surface area contributed by atoms with Crippen molar-refractivity contribution < 1.29 is 4.79 Å². The fourth-order valence-electron chi connectivity index (χ4n) is 2.33. The van der Waals surface area contributed by atoms with Crippen LogP contribution >= 0.6 is 11.8 Å². The van der Waals surface area contributed by atoms with E-state index in [4.69, 9.17) is 0 Å². The van der Waals surface area contributed by atoms with Crippen LogP contribution in [-0.4, -0.2) is 53.2 Å². The van der Waals surface area contributed by atoms with Crippen molar-refractivity contribution in [3.8, 4) is 0 Å². The van der Waals surface area contributed by atoms with Crippen LogP contribution in [0.15, 0.2) is 41.8 Å². The Balaban J connectivity index is 1.66. The molecule has 1 amide bonds. The number of rotatable bonds is 7. The van der Waals surface area contributed by atoms with Gasteiger partial charge in [-0.1, -0.05) is 42.1 Å². The van der Waals surface area contributed by atoms with E-state index in [9.17, 15) is 4.79 Å². The monoisotopic (exact) mass is 358 g/mol. The molecule has 10 heteroatoms. The fraction of sp³-hybridized carbons (Fsp3) is 0.333. The van der Waals surface area contributed by atoms with Gasteiger partial charge >= 0.3 is 0 Å². The molecule has 0 fully saturated rings. The van der Waals surface area contributed by atoms with E-state index in [0.717, 1.165) is 10.7 Å². The van der Waals surface area contributed by atoms with Crippen LogP contribution in [0.4, 0.5) is 0 Å². The number of nitrogens with zero attached hydrogens (tertiary/aromatic N) is 7. The Morgan fingerprint density at radius 1 is 1.28 bits per heavy atom. The van der Waals surface area contributed by atoms with E-state index in [1.54, 1.807) is 13.3 Å². The molecule has 1 unspecified atom stereocenters. The SMILES string of the molecule is Cc1nnnn1C(C(=O)NCCSc1nncn1C)c1ccccc1. The number of aryl methyl sites for hydroxylation is 2. The number of aromatic nitrogens is 7. The van der Waals surface area contributed by atoms with Gasteiger partial charge < -0.3 is 9.88 Å². The van der Waals surface area contributed by atoms with Crippen molar-refractivity contribution in [2.24, 2.45) is 7.05 Å². The highest BCUT2D eigenvalue weighted by atomic mass is 32.2. The number of hydrogen-bond acceptors (Lipinski definition) is 7. The first-order chi connectivity index (χ1) is 12.2. The maximum atomic E-state index is 12.8. The number of nitrogens with one attached hydrogen (secondary N) is 1. The molecule has 3 rings (SSSR count). The van der Waals surface area contributed by atoms with Crippen molar-refractivity contribution in [1.82, 2.24) is 40.3 Å². The molecule has 1 atom stereocenters. The molecule has 0 aliphatic heterocycles. The number of hydrogen-bond donors (Lipinski definition) is 1. The van der Waals surface area contributed by atoms with Crippen LogP contribution in [0.2, 0.25) is 0 Å². The number of carbonyl (C=O) groups excluding carboxylic acids is 1. The molecule has 2 heterocycles. The van der Waals surface area contributed by atoms with E-state index < -0.39 is 6.04 Å². The van der Waals surface area contributed by atoms with Crippen LogP contribution in [0.1, 0.15) is 17.4 Å².